The number of aromatic nitrogens is 4. The third-order valence-electron chi connectivity index (χ3n) is 5.35. The molecule has 0 aliphatic heterocycles. The highest BCUT2D eigenvalue weighted by molar-refractivity contribution is 5.84. The van der Waals surface area contributed by atoms with Crippen LogP contribution in [0.25, 0.3) is 21.9 Å². The maximum absolute atomic E-state index is 12.9. The standard InChI is InChI=1S/C24H21N5O/c1-15-3-5-16(6-4-15)11-18-12-19-14-26-24(28-22(19)29(2)23(18)30)27-20-7-8-21-17(13-20)9-10-25-21/h3-10,12-14,25H,11H2,1-2H3,(H,26,27,28). The number of hydrogen-bond acceptors (Lipinski definition) is 4. The van der Waals surface area contributed by atoms with Gasteiger partial charge in [0.05, 0.1) is 0 Å². The van der Waals surface area contributed by atoms with Gasteiger partial charge in [-0.25, -0.2) is 4.98 Å². The van der Waals surface area contributed by atoms with Gasteiger partial charge in [0.15, 0.2) is 0 Å². The number of benzene rings is 2. The van der Waals surface area contributed by atoms with Crippen LogP contribution in [0.4, 0.5) is 11.6 Å². The number of aryl methyl sites for hydroxylation is 2. The molecule has 0 aliphatic carbocycles. The van der Waals surface area contributed by atoms with E-state index in [-0.39, 0.29) is 5.56 Å². The van der Waals surface area contributed by atoms with E-state index in [1.807, 2.05) is 36.5 Å². The van der Waals surface area contributed by atoms with Gasteiger partial charge >= 0.3 is 0 Å². The van der Waals surface area contributed by atoms with Gasteiger partial charge in [-0.05, 0) is 42.8 Å². The van der Waals surface area contributed by atoms with E-state index in [1.165, 1.54) is 5.56 Å². The highest BCUT2D eigenvalue weighted by Crippen LogP contribution is 2.21. The fraction of sp³-hybridized carbons (Fsp3) is 0.125. The van der Waals surface area contributed by atoms with Crippen LogP contribution in [0.2, 0.25) is 0 Å². The van der Waals surface area contributed by atoms with E-state index >= 15 is 0 Å². The second kappa shape index (κ2) is 7.15. The van der Waals surface area contributed by atoms with Crippen LogP contribution in [0.15, 0.2) is 71.8 Å². The highest BCUT2D eigenvalue weighted by Gasteiger charge is 2.11. The van der Waals surface area contributed by atoms with Gasteiger partial charge in [0.25, 0.3) is 5.56 Å². The Balaban J connectivity index is 1.49. The van der Waals surface area contributed by atoms with Gasteiger partial charge in [0.2, 0.25) is 5.95 Å². The van der Waals surface area contributed by atoms with Crippen LogP contribution in [-0.2, 0) is 13.5 Å². The molecule has 2 N–H and O–H groups in total. The Morgan fingerprint density at radius 1 is 1.03 bits per heavy atom. The molecule has 2 aromatic carbocycles. The third-order valence-corrected chi connectivity index (χ3v) is 5.35. The first kappa shape index (κ1) is 18.1. The molecule has 0 spiro atoms. The predicted molar refractivity (Wildman–Crippen MR) is 120 cm³/mol. The van der Waals surface area contributed by atoms with E-state index < -0.39 is 0 Å². The van der Waals surface area contributed by atoms with E-state index in [4.69, 9.17) is 0 Å². The minimum absolute atomic E-state index is 0.0403. The minimum atomic E-state index is -0.0403. The second-order valence-electron chi connectivity index (χ2n) is 7.57. The third kappa shape index (κ3) is 3.33. The van der Waals surface area contributed by atoms with Gasteiger partial charge in [-0.3, -0.25) is 9.36 Å². The molecule has 0 radical (unpaired) electrons. The number of aromatic amines is 1. The Hall–Kier alpha value is -3.93. The average molecular weight is 395 g/mol. The Labute approximate surface area is 173 Å². The molecule has 0 saturated heterocycles. The SMILES string of the molecule is Cc1ccc(Cc2cc3cnc(Nc4ccc5[nH]ccc5c4)nc3n(C)c2=O)cc1. The molecule has 6 heteroatoms. The quantitative estimate of drug-likeness (QED) is 0.471. The van der Waals surface area contributed by atoms with E-state index in [0.29, 0.717) is 18.0 Å². The number of hydrogen-bond donors (Lipinski definition) is 2. The number of anilines is 2. The summed E-state index contributed by atoms with van der Waals surface area (Å²) in [6, 6.07) is 18.2. The largest absolute Gasteiger partial charge is 0.361 e. The number of nitrogens with zero attached hydrogens (tertiary/aromatic N) is 3. The van der Waals surface area contributed by atoms with Crippen molar-refractivity contribution in [1.29, 1.82) is 0 Å². The summed E-state index contributed by atoms with van der Waals surface area (Å²) < 4.78 is 1.60. The second-order valence-corrected chi connectivity index (χ2v) is 7.57. The van der Waals surface area contributed by atoms with E-state index in [2.05, 4.69) is 51.5 Å². The zero-order valence-electron chi connectivity index (χ0n) is 16.8. The average Bonchev–Trinajstić information content (AvgIpc) is 3.22. The molecule has 0 aliphatic rings. The van der Waals surface area contributed by atoms with Crippen molar-refractivity contribution in [3.8, 4) is 0 Å². The maximum atomic E-state index is 12.9. The predicted octanol–water partition coefficient (Wildman–Crippen LogP) is 4.45. The lowest BCUT2D eigenvalue weighted by Crippen LogP contribution is -2.22. The molecular weight excluding hydrogens is 374 g/mol. The van der Waals surface area contributed by atoms with E-state index in [0.717, 1.165) is 33.1 Å². The minimum Gasteiger partial charge on any atom is -0.361 e. The molecule has 0 bridgehead atoms. The molecular formula is C24H21N5O. The summed E-state index contributed by atoms with van der Waals surface area (Å²) >= 11 is 0. The number of pyridine rings is 1. The smallest absolute Gasteiger partial charge is 0.255 e. The Kier molecular flexibility index (Phi) is 4.32. The number of nitrogens with one attached hydrogen (secondary N) is 2. The zero-order chi connectivity index (χ0) is 20.7. The molecule has 0 amide bonds. The summed E-state index contributed by atoms with van der Waals surface area (Å²) in [5.74, 6) is 0.457. The van der Waals surface area contributed by atoms with Crippen LogP contribution in [0.1, 0.15) is 16.7 Å². The molecule has 0 saturated carbocycles. The van der Waals surface area contributed by atoms with Crippen LogP contribution < -0.4 is 10.9 Å². The molecule has 148 valence electrons. The summed E-state index contributed by atoms with van der Waals surface area (Å²) in [5.41, 5.74) is 5.57. The molecule has 0 unspecified atom stereocenters. The van der Waals surface area contributed by atoms with Gasteiger partial charge in [-0.1, -0.05) is 29.8 Å². The van der Waals surface area contributed by atoms with Crippen molar-refractivity contribution in [1.82, 2.24) is 19.5 Å². The van der Waals surface area contributed by atoms with Crippen molar-refractivity contribution in [3.63, 3.8) is 0 Å². The molecule has 6 nitrogen and oxygen atoms in total. The van der Waals surface area contributed by atoms with Gasteiger partial charge in [0, 0.05) is 53.4 Å². The molecule has 0 fully saturated rings. The van der Waals surface area contributed by atoms with Crippen molar-refractivity contribution >= 4 is 33.6 Å². The summed E-state index contributed by atoms with van der Waals surface area (Å²) in [5, 5.41) is 5.18. The Morgan fingerprint density at radius 2 is 1.87 bits per heavy atom. The lowest BCUT2D eigenvalue weighted by molar-refractivity contribution is 0.863. The first-order valence-electron chi connectivity index (χ1n) is 9.82. The van der Waals surface area contributed by atoms with Gasteiger partial charge in [-0.2, -0.15) is 4.98 Å². The van der Waals surface area contributed by atoms with Crippen molar-refractivity contribution in [2.75, 3.05) is 5.32 Å². The highest BCUT2D eigenvalue weighted by atomic mass is 16.1. The number of rotatable bonds is 4. The van der Waals surface area contributed by atoms with E-state index in [9.17, 15) is 4.79 Å². The van der Waals surface area contributed by atoms with Crippen molar-refractivity contribution < 1.29 is 0 Å². The first-order valence-corrected chi connectivity index (χ1v) is 9.82. The van der Waals surface area contributed by atoms with Crippen molar-refractivity contribution in [3.05, 3.63) is 94.0 Å². The van der Waals surface area contributed by atoms with Crippen molar-refractivity contribution in [2.45, 2.75) is 13.3 Å². The summed E-state index contributed by atoms with van der Waals surface area (Å²) in [6.07, 6.45) is 4.25. The zero-order valence-corrected chi connectivity index (χ0v) is 16.8. The Morgan fingerprint density at radius 3 is 2.70 bits per heavy atom. The molecule has 3 heterocycles. The molecule has 5 aromatic rings. The lowest BCUT2D eigenvalue weighted by atomic mass is 10.0. The van der Waals surface area contributed by atoms with Crippen LogP contribution in [0.5, 0.6) is 0 Å². The monoisotopic (exact) mass is 395 g/mol. The number of H-pyrrole nitrogens is 1. The van der Waals surface area contributed by atoms with Crippen LogP contribution >= 0.6 is 0 Å². The normalized spacial score (nSPS) is 11.3. The lowest BCUT2D eigenvalue weighted by Gasteiger charge is -2.10. The van der Waals surface area contributed by atoms with Crippen LogP contribution in [-0.4, -0.2) is 19.5 Å². The van der Waals surface area contributed by atoms with Gasteiger partial charge in [-0.15, -0.1) is 0 Å². The molecule has 0 atom stereocenters. The fourth-order valence-electron chi connectivity index (χ4n) is 3.69. The van der Waals surface area contributed by atoms with Crippen molar-refractivity contribution in [2.24, 2.45) is 7.05 Å². The van der Waals surface area contributed by atoms with E-state index in [1.54, 1.807) is 17.8 Å². The van der Waals surface area contributed by atoms with Crippen LogP contribution in [0.3, 0.4) is 0 Å². The summed E-state index contributed by atoms with van der Waals surface area (Å²) in [7, 11) is 1.76. The number of fused-ring (bicyclic) bond motifs is 2. The van der Waals surface area contributed by atoms with Crippen LogP contribution in [0, 0.1) is 6.92 Å². The van der Waals surface area contributed by atoms with Gasteiger partial charge in [0.1, 0.15) is 5.65 Å². The fourth-order valence-corrected chi connectivity index (χ4v) is 3.69. The summed E-state index contributed by atoms with van der Waals surface area (Å²) in [6.45, 7) is 2.05. The maximum Gasteiger partial charge on any atom is 0.255 e. The Bertz CT molecular complexity index is 1430. The topological polar surface area (TPSA) is 75.6 Å². The van der Waals surface area contributed by atoms with Gasteiger partial charge < -0.3 is 10.3 Å². The molecule has 5 rings (SSSR count). The first-order chi connectivity index (χ1) is 14.6. The summed E-state index contributed by atoms with van der Waals surface area (Å²) in [4.78, 5) is 25.1. The molecule has 30 heavy (non-hydrogen) atoms. The molecule has 3 aromatic heterocycles.